The highest BCUT2D eigenvalue weighted by Gasteiger charge is 2.44. The smallest absolute Gasteiger partial charge is 0.337 e. The Bertz CT molecular complexity index is 1420. The highest BCUT2D eigenvalue weighted by molar-refractivity contribution is 6.01. The Morgan fingerprint density at radius 2 is 1.75 bits per heavy atom. The third-order valence-electron chi connectivity index (χ3n) is 8.12. The molecule has 13 nitrogen and oxygen atoms in total. The van der Waals surface area contributed by atoms with E-state index >= 15 is 0 Å². The van der Waals surface area contributed by atoms with Crippen LogP contribution in [0.5, 0.6) is 0 Å². The molecule has 0 saturated carbocycles. The first-order valence-electron chi connectivity index (χ1n) is 14.5. The molecule has 2 N–H and O–H groups in total. The number of esters is 2. The molecule has 2 aliphatic rings. The fraction of sp³-hybridized carbons (Fsp3) is 0.419. The quantitative estimate of drug-likeness (QED) is 0.177. The summed E-state index contributed by atoms with van der Waals surface area (Å²) >= 11 is 0. The van der Waals surface area contributed by atoms with Crippen LogP contribution in [0.25, 0.3) is 0 Å². The van der Waals surface area contributed by atoms with Crippen molar-refractivity contribution in [2.75, 3.05) is 39.9 Å². The molecule has 0 spiro atoms. The van der Waals surface area contributed by atoms with Crippen molar-refractivity contribution in [1.82, 2.24) is 20.4 Å². The summed E-state index contributed by atoms with van der Waals surface area (Å²) in [4.78, 5) is 65.9. The first-order valence-corrected chi connectivity index (χ1v) is 14.5. The summed E-state index contributed by atoms with van der Waals surface area (Å²) in [5.74, 6) is -0.959. The number of ether oxygens (including phenoxy) is 2. The molecule has 2 aliphatic heterocycles. The maximum atomic E-state index is 13.4. The number of imide groups is 1. The molecule has 2 aromatic rings. The molecule has 44 heavy (non-hydrogen) atoms. The molecule has 234 valence electrons. The SMILES string of the molecule is CCOC(=O)C1(c2ccccc2)CCN(CCCNC(=O)N2C(=O)NC(C)=C(C(=O)OC)C2c2ccc([N+](=O)[O-])cc2)CC1. The number of hydrogen-bond donors (Lipinski definition) is 2. The van der Waals surface area contributed by atoms with E-state index in [1.54, 1.807) is 6.92 Å². The van der Waals surface area contributed by atoms with Crippen molar-refractivity contribution < 1.29 is 33.6 Å². The Balaban J connectivity index is 1.40. The highest BCUT2D eigenvalue weighted by Crippen LogP contribution is 2.37. The minimum absolute atomic E-state index is 0.0351. The normalized spacial score (nSPS) is 18.3. The minimum atomic E-state index is -1.16. The summed E-state index contributed by atoms with van der Waals surface area (Å²) in [5, 5.41) is 16.5. The van der Waals surface area contributed by atoms with Crippen molar-refractivity contribution in [3.63, 3.8) is 0 Å². The van der Waals surface area contributed by atoms with Gasteiger partial charge in [0.25, 0.3) is 5.69 Å². The zero-order valence-corrected chi connectivity index (χ0v) is 25.0. The van der Waals surface area contributed by atoms with Crippen molar-refractivity contribution in [1.29, 1.82) is 0 Å². The van der Waals surface area contributed by atoms with Gasteiger partial charge in [0.2, 0.25) is 0 Å². The van der Waals surface area contributed by atoms with Gasteiger partial charge in [-0.25, -0.2) is 19.3 Å². The molecular formula is C31H37N5O8. The zero-order valence-electron chi connectivity index (χ0n) is 25.0. The number of benzene rings is 2. The van der Waals surface area contributed by atoms with Gasteiger partial charge in [-0.1, -0.05) is 30.3 Å². The monoisotopic (exact) mass is 607 g/mol. The molecule has 0 bridgehead atoms. The van der Waals surface area contributed by atoms with E-state index in [0.29, 0.717) is 51.1 Å². The van der Waals surface area contributed by atoms with E-state index in [1.807, 2.05) is 30.3 Å². The molecule has 1 saturated heterocycles. The number of amides is 4. The number of allylic oxidation sites excluding steroid dienone is 1. The van der Waals surface area contributed by atoms with Gasteiger partial charge in [-0.15, -0.1) is 0 Å². The fourth-order valence-corrected chi connectivity index (χ4v) is 5.80. The van der Waals surface area contributed by atoms with E-state index < -0.39 is 34.4 Å². The van der Waals surface area contributed by atoms with Gasteiger partial charge in [0, 0.05) is 24.4 Å². The van der Waals surface area contributed by atoms with Gasteiger partial charge < -0.3 is 25.0 Å². The van der Waals surface area contributed by atoms with Crippen LogP contribution in [0.2, 0.25) is 0 Å². The summed E-state index contributed by atoms with van der Waals surface area (Å²) in [6.07, 6.45) is 1.78. The van der Waals surface area contributed by atoms with E-state index in [-0.39, 0.29) is 29.5 Å². The van der Waals surface area contributed by atoms with Crippen molar-refractivity contribution in [2.45, 2.75) is 44.6 Å². The van der Waals surface area contributed by atoms with Crippen LogP contribution >= 0.6 is 0 Å². The number of piperidine rings is 1. The maximum Gasteiger partial charge on any atom is 0.337 e. The number of non-ortho nitro benzene ring substituents is 1. The minimum Gasteiger partial charge on any atom is -0.466 e. The predicted molar refractivity (Wildman–Crippen MR) is 159 cm³/mol. The second-order valence-electron chi connectivity index (χ2n) is 10.7. The summed E-state index contributed by atoms with van der Waals surface area (Å²) in [7, 11) is 1.19. The van der Waals surface area contributed by atoms with E-state index in [9.17, 15) is 29.3 Å². The number of methoxy groups -OCH3 is 1. The van der Waals surface area contributed by atoms with Crippen LogP contribution in [0.3, 0.4) is 0 Å². The van der Waals surface area contributed by atoms with E-state index in [1.165, 1.54) is 38.3 Å². The lowest BCUT2D eigenvalue weighted by Gasteiger charge is -2.40. The molecular weight excluding hydrogens is 570 g/mol. The summed E-state index contributed by atoms with van der Waals surface area (Å²) in [6.45, 7) is 5.87. The predicted octanol–water partition coefficient (Wildman–Crippen LogP) is 3.80. The van der Waals surface area contributed by atoms with Crippen LogP contribution in [0.15, 0.2) is 65.9 Å². The van der Waals surface area contributed by atoms with Gasteiger partial charge in [0.1, 0.15) is 6.04 Å². The lowest BCUT2D eigenvalue weighted by atomic mass is 9.72. The second-order valence-corrected chi connectivity index (χ2v) is 10.7. The van der Waals surface area contributed by atoms with Crippen LogP contribution in [-0.2, 0) is 24.5 Å². The van der Waals surface area contributed by atoms with Crippen molar-refractivity contribution in [3.05, 3.63) is 87.1 Å². The molecule has 2 heterocycles. The van der Waals surface area contributed by atoms with Gasteiger partial charge in [0.05, 0.1) is 29.6 Å². The molecule has 4 amide bonds. The molecule has 1 unspecified atom stereocenters. The van der Waals surface area contributed by atoms with Crippen LogP contribution in [0.1, 0.15) is 50.3 Å². The average molecular weight is 608 g/mol. The van der Waals surface area contributed by atoms with Crippen molar-refractivity contribution >= 4 is 29.7 Å². The fourth-order valence-electron chi connectivity index (χ4n) is 5.80. The molecule has 4 rings (SSSR count). The molecule has 0 radical (unpaired) electrons. The Kier molecular flexibility index (Phi) is 10.3. The number of nitro benzene ring substituents is 1. The van der Waals surface area contributed by atoms with Crippen LogP contribution < -0.4 is 10.6 Å². The van der Waals surface area contributed by atoms with E-state index in [0.717, 1.165) is 10.5 Å². The number of rotatable bonds is 10. The Hall–Kier alpha value is -4.78. The third-order valence-corrected chi connectivity index (χ3v) is 8.12. The third kappa shape index (κ3) is 6.72. The molecule has 0 aliphatic carbocycles. The first kappa shape index (κ1) is 32.1. The number of carbonyl (C=O) groups is 4. The van der Waals surface area contributed by atoms with Crippen molar-refractivity contribution in [2.24, 2.45) is 0 Å². The lowest BCUT2D eigenvalue weighted by Crippen LogP contribution is -2.54. The largest absolute Gasteiger partial charge is 0.466 e. The average Bonchev–Trinajstić information content (AvgIpc) is 3.03. The van der Waals surface area contributed by atoms with E-state index in [2.05, 4.69) is 15.5 Å². The molecule has 2 aromatic carbocycles. The van der Waals surface area contributed by atoms with E-state index in [4.69, 9.17) is 9.47 Å². The van der Waals surface area contributed by atoms with Crippen LogP contribution in [-0.4, -0.2) is 78.6 Å². The van der Waals surface area contributed by atoms with Gasteiger partial charge >= 0.3 is 24.0 Å². The maximum absolute atomic E-state index is 13.4. The Morgan fingerprint density at radius 1 is 1.09 bits per heavy atom. The van der Waals surface area contributed by atoms with Crippen molar-refractivity contribution in [3.8, 4) is 0 Å². The van der Waals surface area contributed by atoms with Gasteiger partial charge in [-0.2, -0.15) is 0 Å². The molecule has 1 fully saturated rings. The number of carbonyl (C=O) groups excluding carboxylic acids is 4. The zero-order chi connectivity index (χ0) is 31.9. The molecule has 0 aromatic heterocycles. The Morgan fingerprint density at radius 3 is 2.34 bits per heavy atom. The van der Waals surface area contributed by atoms with Gasteiger partial charge in [0.15, 0.2) is 0 Å². The topological polar surface area (TPSA) is 160 Å². The van der Waals surface area contributed by atoms with Crippen LogP contribution in [0.4, 0.5) is 15.3 Å². The summed E-state index contributed by atoms with van der Waals surface area (Å²) < 4.78 is 10.4. The molecule has 13 heteroatoms. The second kappa shape index (κ2) is 14.1. The van der Waals surface area contributed by atoms with Crippen LogP contribution in [0, 0.1) is 10.1 Å². The summed E-state index contributed by atoms with van der Waals surface area (Å²) in [5.41, 5.74) is 0.660. The number of nitrogens with one attached hydrogen (secondary N) is 2. The first-order chi connectivity index (χ1) is 21.1. The molecule has 1 atom stereocenters. The number of hydrogen-bond acceptors (Lipinski definition) is 9. The highest BCUT2D eigenvalue weighted by atomic mass is 16.6. The summed E-state index contributed by atoms with van der Waals surface area (Å²) in [6, 6.07) is 12.3. The van der Waals surface area contributed by atoms with Gasteiger partial charge in [-0.05, 0) is 76.0 Å². The number of nitro groups is 1. The number of urea groups is 2. The number of likely N-dealkylation sites (tertiary alicyclic amines) is 1. The lowest BCUT2D eigenvalue weighted by molar-refractivity contribution is -0.384. The standard InChI is InChI=1S/C31H37N5O8/c1-4-44-28(38)31(23-9-6-5-7-10-23)15-19-34(20-16-31)18-8-17-32-29(39)35-26(22-11-13-24(14-12-22)36(41)42)25(27(37)43-3)21(2)33-30(35)40/h5-7,9-14,26H,4,8,15-20H2,1-3H3,(H,32,39)(H,33,40). The Labute approximate surface area is 255 Å². The van der Waals surface area contributed by atoms with Gasteiger partial charge in [-0.3, -0.25) is 14.9 Å². The number of nitrogens with zero attached hydrogens (tertiary/aromatic N) is 3.